The summed E-state index contributed by atoms with van der Waals surface area (Å²) in [7, 11) is -3.85. The Balaban J connectivity index is 2.47. The Morgan fingerprint density at radius 2 is 1.95 bits per heavy atom. The molecule has 0 aliphatic carbocycles. The minimum Gasteiger partial charge on any atom is -0.396 e. The number of nitrogens with one attached hydrogen (secondary N) is 1. The molecule has 1 heterocycles. The third-order valence-corrected chi connectivity index (χ3v) is 4.90. The van der Waals surface area contributed by atoms with Gasteiger partial charge in [0.1, 0.15) is 4.90 Å². The summed E-state index contributed by atoms with van der Waals surface area (Å²) < 4.78 is 27.1. The van der Waals surface area contributed by atoms with E-state index in [0.717, 1.165) is 0 Å². The number of hydrogen-bond donors (Lipinski definition) is 2. The smallest absolute Gasteiger partial charge is 0.263 e. The van der Waals surface area contributed by atoms with Crippen LogP contribution >= 0.6 is 23.2 Å². The zero-order chi connectivity index (χ0) is 14.9. The van der Waals surface area contributed by atoms with Gasteiger partial charge in [0.15, 0.2) is 0 Å². The molecule has 0 fully saturated rings. The molecule has 0 spiro atoms. The molecular weight excluding hydrogens is 321 g/mol. The first-order chi connectivity index (χ1) is 9.33. The molecule has 0 radical (unpaired) electrons. The molecule has 2 rings (SSSR count). The molecule has 0 atom stereocenters. The molecule has 0 aliphatic heterocycles. The molecule has 0 unspecified atom stereocenters. The van der Waals surface area contributed by atoms with Crippen LogP contribution in [-0.4, -0.2) is 13.4 Å². The Morgan fingerprint density at radius 1 is 1.25 bits per heavy atom. The minimum absolute atomic E-state index is 0.0302. The second-order valence-electron chi connectivity index (χ2n) is 4.07. The summed E-state index contributed by atoms with van der Waals surface area (Å²) in [6, 6.07) is 4.25. The summed E-state index contributed by atoms with van der Waals surface area (Å²) in [5, 5.41) is 0.103. The van der Waals surface area contributed by atoms with Crippen LogP contribution in [0.1, 0.15) is 5.56 Å². The van der Waals surface area contributed by atoms with Gasteiger partial charge in [-0.1, -0.05) is 23.2 Å². The summed E-state index contributed by atoms with van der Waals surface area (Å²) in [5.74, 6) is 0. The molecule has 1 aromatic heterocycles. The lowest BCUT2D eigenvalue weighted by atomic mass is 10.3. The number of sulfonamides is 1. The molecule has 1 aromatic carbocycles. The zero-order valence-electron chi connectivity index (χ0n) is 10.4. The van der Waals surface area contributed by atoms with Crippen LogP contribution < -0.4 is 10.5 Å². The lowest BCUT2D eigenvalue weighted by molar-refractivity contribution is 0.601. The van der Waals surface area contributed by atoms with E-state index in [2.05, 4.69) is 9.71 Å². The van der Waals surface area contributed by atoms with E-state index in [0.29, 0.717) is 11.3 Å². The van der Waals surface area contributed by atoms with E-state index in [4.69, 9.17) is 28.9 Å². The average molecular weight is 332 g/mol. The molecule has 20 heavy (non-hydrogen) atoms. The van der Waals surface area contributed by atoms with Gasteiger partial charge in [-0.2, -0.15) is 0 Å². The van der Waals surface area contributed by atoms with Crippen LogP contribution in [0.2, 0.25) is 10.0 Å². The van der Waals surface area contributed by atoms with E-state index in [1.807, 2.05) is 0 Å². The van der Waals surface area contributed by atoms with E-state index in [1.54, 1.807) is 19.2 Å². The molecule has 8 heteroatoms. The minimum atomic E-state index is -3.85. The fourth-order valence-corrected chi connectivity index (χ4v) is 3.44. The lowest BCUT2D eigenvalue weighted by Gasteiger charge is -2.12. The van der Waals surface area contributed by atoms with Crippen molar-refractivity contribution in [3.8, 4) is 0 Å². The van der Waals surface area contributed by atoms with Crippen molar-refractivity contribution in [1.29, 1.82) is 0 Å². The highest BCUT2D eigenvalue weighted by Crippen LogP contribution is 2.34. The van der Waals surface area contributed by atoms with Gasteiger partial charge >= 0.3 is 0 Å². The third-order valence-electron chi connectivity index (χ3n) is 2.65. The average Bonchev–Trinajstić information content (AvgIpc) is 2.38. The monoisotopic (exact) mass is 331 g/mol. The van der Waals surface area contributed by atoms with Gasteiger partial charge in [-0.3, -0.25) is 9.71 Å². The Kier molecular flexibility index (Phi) is 4.08. The van der Waals surface area contributed by atoms with Gasteiger partial charge in [0.25, 0.3) is 10.0 Å². The number of nitrogens with zero attached hydrogens (tertiary/aromatic N) is 1. The van der Waals surface area contributed by atoms with Crippen molar-refractivity contribution in [3.05, 3.63) is 46.2 Å². The number of benzene rings is 1. The number of halogens is 2. The van der Waals surface area contributed by atoms with Gasteiger partial charge in [-0.15, -0.1) is 0 Å². The SMILES string of the molecule is Cc1cnccc1NS(=O)(=O)c1ccc(Cl)c(N)c1Cl. The summed E-state index contributed by atoms with van der Waals surface area (Å²) in [6.07, 6.45) is 3.04. The Morgan fingerprint density at radius 3 is 2.60 bits per heavy atom. The molecule has 0 aliphatic rings. The van der Waals surface area contributed by atoms with Crippen molar-refractivity contribution in [2.75, 3.05) is 10.5 Å². The number of aromatic nitrogens is 1. The normalized spacial score (nSPS) is 11.3. The van der Waals surface area contributed by atoms with E-state index in [-0.39, 0.29) is 20.6 Å². The van der Waals surface area contributed by atoms with Crippen LogP contribution in [0.25, 0.3) is 0 Å². The first kappa shape index (κ1) is 14.9. The van der Waals surface area contributed by atoms with Crippen LogP contribution in [0.4, 0.5) is 11.4 Å². The largest absolute Gasteiger partial charge is 0.396 e. The van der Waals surface area contributed by atoms with E-state index in [9.17, 15) is 8.42 Å². The third kappa shape index (κ3) is 2.82. The van der Waals surface area contributed by atoms with Crippen molar-refractivity contribution >= 4 is 44.6 Å². The van der Waals surface area contributed by atoms with E-state index >= 15 is 0 Å². The van der Waals surface area contributed by atoms with Gasteiger partial charge < -0.3 is 5.73 Å². The maximum Gasteiger partial charge on any atom is 0.263 e. The summed E-state index contributed by atoms with van der Waals surface area (Å²) in [6.45, 7) is 1.74. The zero-order valence-corrected chi connectivity index (χ0v) is 12.7. The van der Waals surface area contributed by atoms with Gasteiger partial charge in [-0.05, 0) is 30.7 Å². The van der Waals surface area contributed by atoms with Crippen LogP contribution in [0.3, 0.4) is 0 Å². The molecule has 0 saturated heterocycles. The highest BCUT2D eigenvalue weighted by molar-refractivity contribution is 7.92. The number of pyridine rings is 1. The second-order valence-corrected chi connectivity index (χ2v) is 6.51. The van der Waals surface area contributed by atoms with Gasteiger partial charge in [0.05, 0.1) is 21.4 Å². The lowest BCUT2D eigenvalue weighted by Crippen LogP contribution is -2.15. The molecule has 5 nitrogen and oxygen atoms in total. The van der Waals surface area contributed by atoms with E-state index in [1.165, 1.54) is 18.3 Å². The molecular formula is C12H11Cl2N3O2S. The summed E-state index contributed by atoms with van der Waals surface area (Å²) in [5.41, 5.74) is 6.78. The van der Waals surface area contributed by atoms with Crippen LogP contribution in [0.15, 0.2) is 35.5 Å². The van der Waals surface area contributed by atoms with Crippen molar-refractivity contribution in [1.82, 2.24) is 4.98 Å². The highest BCUT2D eigenvalue weighted by atomic mass is 35.5. The van der Waals surface area contributed by atoms with Crippen molar-refractivity contribution in [2.24, 2.45) is 0 Å². The molecule has 3 N–H and O–H groups in total. The summed E-state index contributed by atoms with van der Waals surface area (Å²) >= 11 is 11.7. The van der Waals surface area contributed by atoms with Crippen molar-refractivity contribution in [2.45, 2.75) is 11.8 Å². The quantitative estimate of drug-likeness (QED) is 0.846. The fraction of sp³-hybridized carbons (Fsp3) is 0.0833. The predicted molar refractivity (Wildman–Crippen MR) is 80.7 cm³/mol. The maximum atomic E-state index is 12.3. The van der Waals surface area contributed by atoms with Crippen LogP contribution in [-0.2, 0) is 10.0 Å². The first-order valence-corrected chi connectivity index (χ1v) is 7.74. The number of nitrogen functional groups attached to an aromatic ring is 1. The Bertz CT molecular complexity index is 763. The van der Waals surface area contributed by atoms with Crippen molar-refractivity contribution in [3.63, 3.8) is 0 Å². The topological polar surface area (TPSA) is 85.1 Å². The molecule has 0 bridgehead atoms. The van der Waals surface area contributed by atoms with Crippen LogP contribution in [0.5, 0.6) is 0 Å². The number of nitrogens with two attached hydrogens (primary N) is 1. The van der Waals surface area contributed by atoms with Crippen LogP contribution in [0, 0.1) is 6.92 Å². The first-order valence-electron chi connectivity index (χ1n) is 5.50. The molecule has 0 amide bonds. The van der Waals surface area contributed by atoms with Gasteiger partial charge in [-0.25, -0.2) is 8.42 Å². The molecule has 2 aromatic rings. The fourth-order valence-electron chi connectivity index (χ4n) is 1.54. The highest BCUT2D eigenvalue weighted by Gasteiger charge is 2.21. The Hall–Kier alpha value is -1.50. The predicted octanol–water partition coefficient (Wildman–Crippen LogP) is 3.08. The number of aryl methyl sites for hydroxylation is 1. The van der Waals surface area contributed by atoms with E-state index < -0.39 is 10.0 Å². The number of rotatable bonds is 3. The maximum absolute atomic E-state index is 12.3. The standard InChI is InChI=1S/C12H11Cl2N3O2S/c1-7-6-16-5-4-9(7)17-20(18,19)10-3-2-8(13)12(15)11(10)14/h2-6H,15H2,1H3,(H,16,17). The van der Waals surface area contributed by atoms with Gasteiger partial charge in [0, 0.05) is 12.4 Å². The Labute approximate surface area is 126 Å². The van der Waals surface area contributed by atoms with Gasteiger partial charge in [0.2, 0.25) is 0 Å². The number of hydrogen-bond acceptors (Lipinski definition) is 4. The number of anilines is 2. The molecule has 106 valence electrons. The summed E-state index contributed by atoms with van der Waals surface area (Å²) in [4.78, 5) is 3.77. The molecule has 0 saturated carbocycles. The van der Waals surface area contributed by atoms with Crippen molar-refractivity contribution < 1.29 is 8.42 Å². The second kappa shape index (κ2) is 5.47.